The van der Waals surface area contributed by atoms with Crippen molar-refractivity contribution in [2.75, 3.05) is 0 Å². The molecule has 0 fully saturated rings. The first-order valence-corrected chi connectivity index (χ1v) is 6.22. The quantitative estimate of drug-likeness (QED) is 0.674. The van der Waals surface area contributed by atoms with Crippen LogP contribution in [0.5, 0.6) is 0 Å². The van der Waals surface area contributed by atoms with E-state index in [9.17, 15) is 9.59 Å². The Hall–Kier alpha value is -1.61. The Morgan fingerprint density at radius 3 is 2.33 bits per heavy atom. The number of fused-ring (bicyclic) bond motifs is 1. The molecule has 0 saturated heterocycles. The smallest absolute Gasteiger partial charge is 0.328 e. The standard InChI is InChI=1S/C14H13ClO3/c15-12-8-10-4-2-1-3-9(10)7-11(12)13(16)5-6-14(17)18/h5-8H,1-4H2,(H,17,18)/b6-5+. The van der Waals surface area contributed by atoms with Crippen LogP contribution in [0.3, 0.4) is 0 Å². The Morgan fingerprint density at radius 1 is 1.11 bits per heavy atom. The highest BCUT2D eigenvalue weighted by Crippen LogP contribution is 2.28. The van der Waals surface area contributed by atoms with Gasteiger partial charge in [-0.15, -0.1) is 0 Å². The zero-order valence-electron chi connectivity index (χ0n) is 9.78. The van der Waals surface area contributed by atoms with Gasteiger partial charge in [0.2, 0.25) is 0 Å². The average molecular weight is 265 g/mol. The lowest BCUT2D eigenvalue weighted by molar-refractivity contribution is -0.131. The van der Waals surface area contributed by atoms with E-state index in [0.717, 1.165) is 43.4 Å². The summed E-state index contributed by atoms with van der Waals surface area (Å²) in [6.07, 6.45) is 6.09. The zero-order chi connectivity index (χ0) is 13.1. The van der Waals surface area contributed by atoms with Gasteiger partial charge in [0.25, 0.3) is 0 Å². The molecule has 0 atom stereocenters. The molecule has 94 valence electrons. The first kappa shape index (κ1) is 12.8. The van der Waals surface area contributed by atoms with Crippen molar-refractivity contribution < 1.29 is 14.7 Å². The molecule has 1 aliphatic carbocycles. The number of hydrogen-bond donors (Lipinski definition) is 1. The predicted octanol–water partition coefficient (Wildman–Crippen LogP) is 3.04. The van der Waals surface area contributed by atoms with Crippen LogP contribution >= 0.6 is 11.6 Å². The second kappa shape index (κ2) is 5.36. The Balaban J connectivity index is 2.33. The van der Waals surface area contributed by atoms with Gasteiger partial charge in [0, 0.05) is 11.6 Å². The highest BCUT2D eigenvalue weighted by Gasteiger charge is 2.15. The topological polar surface area (TPSA) is 54.4 Å². The monoisotopic (exact) mass is 264 g/mol. The minimum Gasteiger partial charge on any atom is -0.478 e. The van der Waals surface area contributed by atoms with Gasteiger partial charge in [0.05, 0.1) is 5.02 Å². The predicted molar refractivity (Wildman–Crippen MR) is 69.2 cm³/mol. The van der Waals surface area contributed by atoms with Crippen LogP contribution in [0.25, 0.3) is 0 Å². The number of allylic oxidation sites excluding steroid dienone is 1. The Kier molecular flexibility index (Phi) is 3.82. The highest BCUT2D eigenvalue weighted by molar-refractivity contribution is 6.34. The molecule has 0 amide bonds. The largest absolute Gasteiger partial charge is 0.478 e. The number of rotatable bonds is 3. The molecule has 1 N–H and O–H groups in total. The number of benzene rings is 1. The summed E-state index contributed by atoms with van der Waals surface area (Å²) in [7, 11) is 0. The maximum absolute atomic E-state index is 11.8. The van der Waals surface area contributed by atoms with Gasteiger partial charge in [-0.05, 0) is 55.0 Å². The van der Waals surface area contributed by atoms with Crippen molar-refractivity contribution >= 4 is 23.4 Å². The first-order chi connectivity index (χ1) is 8.58. The Labute approximate surface area is 110 Å². The van der Waals surface area contributed by atoms with Crippen LogP contribution in [0.2, 0.25) is 5.02 Å². The Morgan fingerprint density at radius 2 is 1.72 bits per heavy atom. The molecule has 4 heteroatoms. The Bertz CT molecular complexity index is 532. The van der Waals surface area contributed by atoms with E-state index in [1.807, 2.05) is 6.07 Å². The summed E-state index contributed by atoms with van der Waals surface area (Å²) < 4.78 is 0. The van der Waals surface area contributed by atoms with Crippen LogP contribution in [-0.4, -0.2) is 16.9 Å². The van der Waals surface area contributed by atoms with Crippen molar-refractivity contribution in [2.24, 2.45) is 0 Å². The van der Waals surface area contributed by atoms with Crippen molar-refractivity contribution in [2.45, 2.75) is 25.7 Å². The summed E-state index contributed by atoms with van der Waals surface area (Å²) in [5, 5.41) is 8.90. The molecule has 18 heavy (non-hydrogen) atoms. The zero-order valence-corrected chi connectivity index (χ0v) is 10.5. The van der Waals surface area contributed by atoms with Crippen molar-refractivity contribution in [3.05, 3.63) is 46.0 Å². The number of carbonyl (C=O) groups excluding carboxylic acids is 1. The third-order valence-electron chi connectivity index (χ3n) is 3.07. The number of carbonyl (C=O) groups is 2. The number of aliphatic carboxylic acids is 1. The number of halogens is 1. The van der Waals surface area contributed by atoms with Gasteiger partial charge in [0.15, 0.2) is 5.78 Å². The molecule has 0 saturated carbocycles. The molecule has 0 spiro atoms. The second-order valence-electron chi connectivity index (χ2n) is 4.34. The van der Waals surface area contributed by atoms with Crippen LogP contribution in [0.15, 0.2) is 24.3 Å². The SMILES string of the molecule is O=C(O)/C=C/C(=O)c1cc2c(cc1Cl)CCCC2. The molecule has 0 aromatic heterocycles. The molecule has 0 bridgehead atoms. The molecule has 1 aromatic rings. The summed E-state index contributed by atoms with van der Waals surface area (Å²) in [6, 6.07) is 3.63. The number of aryl methyl sites for hydroxylation is 2. The van der Waals surface area contributed by atoms with E-state index in [1.54, 1.807) is 6.07 Å². The number of carboxylic acid groups (broad SMARTS) is 1. The van der Waals surface area contributed by atoms with E-state index in [2.05, 4.69) is 0 Å². The molecule has 0 unspecified atom stereocenters. The molecule has 0 radical (unpaired) electrons. The lowest BCUT2D eigenvalue weighted by atomic mass is 9.89. The van der Waals surface area contributed by atoms with Crippen LogP contribution in [-0.2, 0) is 17.6 Å². The van der Waals surface area contributed by atoms with Crippen molar-refractivity contribution in [3.8, 4) is 0 Å². The molecule has 2 rings (SSSR count). The van der Waals surface area contributed by atoms with E-state index < -0.39 is 5.97 Å². The number of hydrogen-bond acceptors (Lipinski definition) is 2. The molecular formula is C14H13ClO3. The summed E-state index contributed by atoms with van der Waals surface area (Å²) in [5.74, 6) is -1.51. The molecule has 1 aromatic carbocycles. The van der Waals surface area contributed by atoms with Gasteiger partial charge >= 0.3 is 5.97 Å². The molecule has 0 heterocycles. The molecule has 3 nitrogen and oxygen atoms in total. The van der Waals surface area contributed by atoms with Crippen molar-refractivity contribution in [3.63, 3.8) is 0 Å². The first-order valence-electron chi connectivity index (χ1n) is 5.84. The lowest BCUT2D eigenvalue weighted by Crippen LogP contribution is -2.06. The van der Waals surface area contributed by atoms with E-state index in [4.69, 9.17) is 16.7 Å². The molecule has 1 aliphatic rings. The van der Waals surface area contributed by atoms with Gasteiger partial charge in [0.1, 0.15) is 0 Å². The number of ketones is 1. The molecular weight excluding hydrogens is 252 g/mol. The van der Waals surface area contributed by atoms with Gasteiger partial charge in [-0.25, -0.2) is 4.79 Å². The van der Waals surface area contributed by atoms with E-state index in [1.165, 1.54) is 5.56 Å². The minimum absolute atomic E-state index is 0.365. The van der Waals surface area contributed by atoms with Crippen molar-refractivity contribution in [1.29, 1.82) is 0 Å². The van der Waals surface area contributed by atoms with Gasteiger partial charge in [-0.3, -0.25) is 4.79 Å². The number of carboxylic acids is 1. The maximum Gasteiger partial charge on any atom is 0.328 e. The third-order valence-corrected chi connectivity index (χ3v) is 3.39. The van der Waals surface area contributed by atoms with E-state index in [0.29, 0.717) is 10.6 Å². The van der Waals surface area contributed by atoms with Crippen LogP contribution in [0.4, 0.5) is 0 Å². The fourth-order valence-electron chi connectivity index (χ4n) is 2.18. The lowest BCUT2D eigenvalue weighted by Gasteiger charge is -2.17. The van der Waals surface area contributed by atoms with Gasteiger partial charge < -0.3 is 5.11 Å². The maximum atomic E-state index is 11.8. The highest BCUT2D eigenvalue weighted by atomic mass is 35.5. The summed E-state index contributed by atoms with van der Waals surface area (Å²) in [5.41, 5.74) is 2.73. The van der Waals surface area contributed by atoms with E-state index >= 15 is 0 Å². The summed E-state index contributed by atoms with van der Waals surface area (Å²) >= 11 is 6.07. The second-order valence-corrected chi connectivity index (χ2v) is 4.75. The van der Waals surface area contributed by atoms with Crippen LogP contribution < -0.4 is 0 Å². The summed E-state index contributed by atoms with van der Waals surface area (Å²) in [4.78, 5) is 22.2. The minimum atomic E-state index is -1.14. The van der Waals surface area contributed by atoms with E-state index in [-0.39, 0.29) is 5.78 Å². The van der Waals surface area contributed by atoms with Gasteiger partial charge in [-0.1, -0.05) is 11.6 Å². The molecule has 0 aliphatic heterocycles. The third kappa shape index (κ3) is 2.79. The fraction of sp³-hybridized carbons (Fsp3) is 0.286. The fourth-order valence-corrected chi connectivity index (χ4v) is 2.46. The summed E-state index contributed by atoms with van der Waals surface area (Å²) in [6.45, 7) is 0. The normalized spacial score (nSPS) is 14.5. The van der Waals surface area contributed by atoms with Crippen LogP contribution in [0, 0.1) is 0 Å². The average Bonchev–Trinajstić information content (AvgIpc) is 2.35. The van der Waals surface area contributed by atoms with Gasteiger partial charge in [-0.2, -0.15) is 0 Å². The van der Waals surface area contributed by atoms with Crippen LogP contribution in [0.1, 0.15) is 34.3 Å². The van der Waals surface area contributed by atoms with Crippen molar-refractivity contribution in [1.82, 2.24) is 0 Å².